The molecule has 0 amide bonds. The highest BCUT2D eigenvalue weighted by Crippen LogP contribution is 2.52. The zero-order chi connectivity index (χ0) is 18.6. The van der Waals surface area contributed by atoms with Gasteiger partial charge >= 0.3 is 7.82 Å². The van der Waals surface area contributed by atoms with Crippen LogP contribution in [0.4, 0.5) is 11.9 Å². The Balaban J connectivity index is 1.86. The predicted molar refractivity (Wildman–Crippen MR) is 81.9 cm³/mol. The van der Waals surface area contributed by atoms with Crippen LogP contribution in [-0.2, 0) is 18.3 Å². The summed E-state index contributed by atoms with van der Waals surface area (Å²) in [6.07, 6.45) is -4.84. The summed E-state index contributed by atoms with van der Waals surface area (Å²) in [7, 11) is -4.32. The van der Waals surface area contributed by atoms with Crippen LogP contribution in [0.15, 0.2) is 9.91 Å². The van der Waals surface area contributed by atoms with E-state index in [1.807, 2.05) is 0 Å². The van der Waals surface area contributed by atoms with E-state index < -0.39 is 37.9 Å². The second kappa shape index (κ2) is 5.75. The number of imidazole rings is 1. The molecule has 0 bridgehead atoms. The first kappa shape index (κ1) is 16.9. The summed E-state index contributed by atoms with van der Waals surface area (Å²) in [6.45, 7) is -0.314. The van der Waals surface area contributed by atoms with Crippen LogP contribution in [-0.4, -0.2) is 54.4 Å². The number of aliphatic hydroxyl groups is 1. The quantitative estimate of drug-likeness (QED) is 0.222. The van der Waals surface area contributed by atoms with Gasteiger partial charge in [0.15, 0.2) is 17.4 Å². The van der Waals surface area contributed by atoms with Crippen LogP contribution in [0, 0.1) is 0 Å². The Hall–Kier alpha value is -2.51. The molecule has 4 heterocycles. The summed E-state index contributed by atoms with van der Waals surface area (Å²) in [4.78, 5) is 34.1. The SMILES string of the molecule is [N-]=[N+]=Nc1nc2c(=O)[nH]c(N)nc2n1[C@@H]1O[C@@H]2COP(=O)(O)O[C@H]2[C@H]1O. The van der Waals surface area contributed by atoms with Gasteiger partial charge in [0, 0.05) is 4.91 Å². The highest BCUT2D eigenvalue weighted by molar-refractivity contribution is 7.47. The van der Waals surface area contributed by atoms with Crippen LogP contribution in [0.25, 0.3) is 21.6 Å². The molecule has 2 aromatic heterocycles. The number of nitrogens with zero attached hydrogens (tertiary/aromatic N) is 6. The minimum atomic E-state index is -4.32. The third-order valence-electron chi connectivity index (χ3n) is 3.91. The first-order valence-electron chi connectivity index (χ1n) is 7.13. The number of fused-ring (bicyclic) bond motifs is 2. The molecule has 138 valence electrons. The molecule has 0 aliphatic carbocycles. The molecule has 2 fully saturated rings. The number of nitrogen functional groups attached to an aromatic ring is 1. The molecule has 5 N–H and O–H groups in total. The van der Waals surface area contributed by atoms with Gasteiger partial charge in [0.05, 0.1) is 6.61 Å². The van der Waals surface area contributed by atoms with Crippen molar-refractivity contribution < 1.29 is 28.3 Å². The van der Waals surface area contributed by atoms with E-state index in [2.05, 4.69) is 29.5 Å². The number of rotatable bonds is 2. The number of nitrogens with one attached hydrogen (secondary N) is 1. The Bertz CT molecular complexity index is 1040. The molecule has 0 spiro atoms. The number of phosphoric ester groups is 1. The lowest BCUT2D eigenvalue weighted by Gasteiger charge is -2.27. The van der Waals surface area contributed by atoms with Crippen molar-refractivity contribution >= 4 is 30.9 Å². The van der Waals surface area contributed by atoms with Gasteiger partial charge in [-0.2, -0.15) is 4.98 Å². The summed E-state index contributed by atoms with van der Waals surface area (Å²) in [5, 5.41) is 13.9. The van der Waals surface area contributed by atoms with Crippen LogP contribution in [0.5, 0.6) is 0 Å². The number of phosphoric acid groups is 1. The van der Waals surface area contributed by atoms with Crippen LogP contribution >= 0.6 is 7.82 Å². The van der Waals surface area contributed by atoms with Gasteiger partial charge in [0.2, 0.25) is 11.9 Å². The number of azide groups is 1. The number of aromatic amines is 1. The van der Waals surface area contributed by atoms with Gasteiger partial charge in [0.1, 0.15) is 18.3 Å². The van der Waals surface area contributed by atoms with Gasteiger partial charge in [-0.3, -0.25) is 23.4 Å². The molecule has 2 aliphatic heterocycles. The van der Waals surface area contributed by atoms with E-state index in [-0.39, 0.29) is 29.7 Å². The number of hydrogen-bond donors (Lipinski definition) is 4. The monoisotopic (exact) mass is 386 g/mol. The fourth-order valence-electron chi connectivity index (χ4n) is 2.88. The molecule has 0 aromatic carbocycles. The smallest absolute Gasteiger partial charge is 0.386 e. The van der Waals surface area contributed by atoms with Crippen molar-refractivity contribution in [3.8, 4) is 0 Å². The number of anilines is 1. The lowest BCUT2D eigenvalue weighted by molar-refractivity contribution is -0.0660. The highest BCUT2D eigenvalue weighted by Gasteiger charge is 2.53. The molecule has 2 aliphatic rings. The lowest BCUT2D eigenvalue weighted by atomic mass is 10.1. The molecule has 4 rings (SSSR count). The molecular formula is C10H11N8O7P. The van der Waals surface area contributed by atoms with Crippen molar-refractivity contribution in [2.45, 2.75) is 24.5 Å². The van der Waals surface area contributed by atoms with Crippen LogP contribution in [0.3, 0.4) is 0 Å². The van der Waals surface area contributed by atoms with E-state index in [1.165, 1.54) is 0 Å². The van der Waals surface area contributed by atoms with Gasteiger partial charge < -0.3 is 20.5 Å². The van der Waals surface area contributed by atoms with Crippen LogP contribution in [0.2, 0.25) is 0 Å². The van der Waals surface area contributed by atoms with Gasteiger partial charge in [-0.1, -0.05) is 0 Å². The van der Waals surface area contributed by atoms with E-state index in [0.717, 1.165) is 4.57 Å². The Labute approximate surface area is 142 Å². The van der Waals surface area contributed by atoms with E-state index in [4.69, 9.17) is 20.5 Å². The van der Waals surface area contributed by atoms with Crippen molar-refractivity contribution in [1.29, 1.82) is 0 Å². The molecule has 2 aromatic rings. The summed E-state index contributed by atoms with van der Waals surface area (Å²) in [5.41, 5.74) is 13.3. The zero-order valence-electron chi connectivity index (χ0n) is 12.7. The first-order chi connectivity index (χ1) is 12.3. The van der Waals surface area contributed by atoms with Crippen molar-refractivity contribution in [2.24, 2.45) is 5.11 Å². The molecule has 2 saturated heterocycles. The maximum Gasteiger partial charge on any atom is 0.472 e. The number of aromatic nitrogens is 4. The van der Waals surface area contributed by atoms with E-state index in [1.54, 1.807) is 0 Å². The number of aliphatic hydroxyl groups excluding tert-OH is 1. The number of H-pyrrole nitrogens is 1. The Morgan fingerprint density at radius 2 is 2.27 bits per heavy atom. The summed E-state index contributed by atoms with van der Waals surface area (Å²) in [5.74, 6) is -0.553. The second-order valence-electron chi connectivity index (χ2n) is 5.48. The van der Waals surface area contributed by atoms with Crippen LogP contribution in [0.1, 0.15) is 6.23 Å². The third-order valence-corrected chi connectivity index (χ3v) is 4.89. The van der Waals surface area contributed by atoms with Crippen LogP contribution < -0.4 is 11.3 Å². The van der Waals surface area contributed by atoms with E-state index in [0.29, 0.717) is 0 Å². The minimum Gasteiger partial charge on any atom is -0.386 e. The maximum atomic E-state index is 12.0. The Morgan fingerprint density at radius 3 is 3.00 bits per heavy atom. The van der Waals surface area contributed by atoms with E-state index in [9.17, 15) is 19.4 Å². The number of nitrogens with two attached hydrogens (primary N) is 1. The van der Waals surface area contributed by atoms with Gasteiger partial charge in [-0.25, -0.2) is 9.55 Å². The highest BCUT2D eigenvalue weighted by atomic mass is 31.2. The second-order valence-corrected chi connectivity index (χ2v) is 6.89. The molecule has 15 nitrogen and oxygen atoms in total. The zero-order valence-corrected chi connectivity index (χ0v) is 13.6. The van der Waals surface area contributed by atoms with Crippen molar-refractivity contribution in [3.63, 3.8) is 0 Å². The standard InChI is InChI=1S/C10H11N8O7P/c11-9-14-6-3(7(20)15-9)13-10(16-17-12)18(6)8-4(19)5-2(24-8)1-23-26(21,22)25-5/h2,4-5,8,19H,1H2,(H,21,22)(H3,11,14,15,20)/t2-,4-,5-,8-/m1/s1. The molecule has 26 heavy (non-hydrogen) atoms. The molecule has 0 radical (unpaired) electrons. The predicted octanol–water partition coefficient (Wildman–Crippen LogP) is -0.582. The summed E-state index contributed by atoms with van der Waals surface area (Å²) in [6, 6.07) is 0. The van der Waals surface area contributed by atoms with Gasteiger partial charge in [-0.05, 0) is 10.6 Å². The van der Waals surface area contributed by atoms with E-state index >= 15 is 0 Å². The number of ether oxygens (including phenoxy) is 1. The van der Waals surface area contributed by atoms with Crippen molar-refractivity contribution in [3.05, 3.63) is 20.8 Å². The normalized spacial score (nSPS) is 33.8. The average molecular weight is 386 g/mol. The average Bonchev–Trinajstić information content (AvgIpc) is 3.05. The van der Waals surface area contributed by atoms with Crippen molar-refractivity contribution in [2.75, 3.05) is 12.3 Å². The largest absolute Gasteiger partial charge is 0.472 e. The Morgan fingerprint density at radius 1 is 1.50 bits per heavy atom. The fraction of sp³-hybridized carbons (Fsp3) is 0.500. The van der Waals surface area contributed by atoms with Crippen molar-refractivity contribution in [1.82, 2.24) is 19.5 Å². The first-order valence-corrected chi connectivity index (χ1v) is 8.62. The van der Waals surface area contributed by atoms with Gasteiger partial charge in [-0.15, -0.1) is 0 Å². The fourth-order valence-corrected chi connectivity index (χ4v) is 3.85. The maximum absolute atomic E-state index is 12.0. The Kier molecular flexibility index (Phi) is 3.75. The molecule has 16 heteroatoms. The molecule has 0 saturated carbocycles. The molecule has 5 atom stereocenters. The van der Waals surface area contributed by atoms with Gasteiger partial charge in [0.25, 0.3) is 5.56 Å². The number of hydrogen-bond acceptors (Lipinski definition) is 10. The molecular weight excluding hydrogens is 375 g/mol. The topological polar surface area (TPSA) is 224 Å². The summed E-state index contributed by atoms with van der Waals surface area (Å²) >= 11 is 0. The summed E-state index contributed by atoms with van der Waals surface area (Å²) < 4.78 is 27.8. The lowest BCUT2D eigenvalue weighted by Crippen LogP contribution is -2.39. The molecule has 1 unspecified atom stereocenters. The third kappa shape index (κ3) is 2.55. The minimum absolute atomic E-state index is 0.107.